The second-order valence-corrected chi connectivity index (χ2v) is 14.6. The highest BCUT2D eigenvalue weighted by Gasteiger charge is 2.24. The second-order valence-electron chi connectivity index (χ2n) is 12.8. The molecule has 0 fully saturated rings. The van der Waals surface area contributed by atoms with Gasteiger partial charge in [-0.3, -0.25) is 14.3 Å². The van der Waals surface area contributed by atoms with Crippen LogP contribution >= 0.6 is 0 Å². The molecule has 1 aromatic heterocycles. The van der Waals surface area contributed by atoms with Gasteiger partial charge in [0.25, 0.3) is 11.8 Å². The molecule has 0 unspecified atom stereocenters. The normalized spacial score (nSPS) is 12.3. The third kappa shape index (κ3) is 9.01. The second kappa shape index (κ2) is 12.7. The number of nitrogens with one attached hydrogen (secondary N) is 3. The van der Waals surface area contributed by atoms with Crippen molar-refractivity contribution in [3.8, 4) is 11.4 Å². The van der Waals surface area contributed by atoms with Crippen LogP contribution < -0.4 is 20.1 Å². The lowest BCUT2D eigenvalue weighted by molar-refractivity contribution is 0.0923. The smallest absolute Gasteiger partial charge is 0.273 e. The van der Waals surface area contributed by atoms with E-state index in [0.29, 0.717) is 23.5 Å². The van der Waals surface area contributed by atoms with E-state index in [9.17, 15) is 18.0 Å². The van der Waals surface area contributed by atoms with Gasteiger partial charge in [-0.1, -0.05) is 45.9 Å². The molecule has 0 aliphatic carbocycles. The number of methoxy groups -OCH3 is 1. The number of aromatic nitrogens is 3. The molecule has 0 saturated carbocycles. The highest BCUT2D eigenvalue weighted by atomic mass is 32.2. The van der Waals surface area contributed by atoms with Gasteiger partial charge in [-0.05, 0) is 67.2 Å². The molecule has 2 amide bonds. The highest BCUT2D eigenvalue weighted by molar-refractivity contribution is 7.92. The molecule has 12 nitrogen and oxygen atoms in total. The monoisotopic (exact) mass is 613 g/mol. The van der Waals surface area contributed by atoms with Crippen molar-refractivity contribution in [2.45, 2.75) is 47.0 Å². The van der Waals surface area contributed by atoms with Gasteiger partial charge in [-0.2, -0.15) is 0 Å². The van der Waals surface area contributed by atoms with Crippen molar-refractivity contribution < 1.29 is 22.7 Å². The maximum Gasteiger partial charge on any atom is 0.273 e. The van der Waals surface area contributed by atoms with Crippen molar-refractivity contribution in [2.24, 2.45) is 5.41 Å². The lowest BCUT2D eigenvalue weighted by atomic mass is 9.86. The van der Waals surface area contributed by atoms with Crippen molar-refractivity contribution in [3.05, 3.63) is 58.9 Å². The summed E-state index contributed by atoms with van der Waals surface area (Å²) < 4.78 is 33.6. The van der Waals surface area contributed by atoms with Gasteiger partial charge >= 0.3 is 0 Å². The Morgan fingerprint density at radius 3 is 2.26 bits per heavy atom. The van der Waals surface area contributed by atoms with E-state index < -0.39 is 15.9 Å². The Balaban J connectivity index is 1.90. The fraction of sp³-hybridized carbons (Fsp3) is 0.467. The highest BCUT2D eigenvalue weighted by Crippen LogP contribution is 2.39. The minimum Gasteiger partial charge on any atom is -0.492 e. The summed E-state index contributed by atoms with van der Waals surface area (Å²) in [5.41, 5.74) is 2.69. The molecule has 1 heterocycles. The Morgan fingerprint density at radius 1 is 1.02 bits per heavy atom. The molecule has 0 bridgehead atoms. The van der Waals surface area contributed by atoms with E-state index in [-0.39, 0.29) is 33.9 Å². The lowest BCUT2D eigenvalue weighted by Gasteiger charge is -2.28. The van der Waals surface area contributed by atoms with Gasteiger partial charge in [0.15, 0.2) is 11.4 Å². The molecule has 0 atom stereocenters. The summed E-state index contributed by atoms with van der Waals surface area (Å²) in [6.07, 6.45) is 2.57. The summed E-state index contributed by atoms with van der Waals surface area (Å²) in [4.78, 5) is 28.4. The van der Waals surface area contributed by atoms with E-state index in [2.05, 4.69) is 44.4 Å². The topological polar surface area (TPSA) is 148 Å². The minimum absolute atomic E-state index is 0.135. The minimum atomic E-state index is -3.62. The van der Waals surface area contributed by atoms with E-state index in [1.54, 1.807) is 30.3 Å². The number of ether oxygens (including phenoxy) is 1. The Bertz CT molecular complexity index is 1610. The van der Waals surface area contributed by atoms with Crippen LogP contribution in [0, 0.1) is 12.3 Å². The maximum absolute atomic E-state index is 13.5. The maximum atomic E-state index is 13.5. The fourth-order valence-corrected chi connectivity index (χ4v) is 5.20. The molecule has 0 saturated heterocycles. The van der Waals surface area contributed by atoms with Crippen molar-refractivity contribution in [1.82, 2.24) is 25.2 Å². The van der Waals surface area contributed by atoms with Crippen LogP contribution in [-0.2, 0) is 15.4 Å². The fourth-order valence-electron chi connectivity index (χ4n) is 4.65. The van der Waals surface area contributed by atoms with E-state index in [4.69, 9.17) is 4.74 Å². The summed E-state index contributed by atoms with van der Waals surface area (Å²) in [5, 5.41) is 14.0. The predicted molar refractivity (Wildman–Crippen MR) is 169 cm³/mol. The van der Waals surface area contributed by atoms with E-state index >= 15 is 0 Å². The number of carbonyl (C=O) groups is 2. The largest absolute Gasteiger partial charge is 0.492 e. The van der Waals surface area contributed by atoms with Gasteiger partial charge in [0.05, 0.1) is 36.6 Å². The molecule has 43 heavy (non-hydrogen) atoms. The standard InChI is InChI=1S/C30H43N7O5S/c1-19-11-12-20(13-25(19)37-16-24(33-35-37)28(39)31-17-30(5,6)18-36(7)8)27(38)32-22-14-21(29(2,3)4)15-23(26(22)42-9)34-43(10,40)41/h11-16,34H,17-18H2,1-10H3,(H,31,39)(H,32,38). The van der Waals surface area contributed by atoms with Crippen molar-refractivity contribution in [2.75, 3.05) is 50.6 Å². The first-order chi connectivity index (χ1) is 19.8. The summed E-state index contributed by atoms with van der Waals surface area (Å²) in [5.74, 6) is -0.606. The van der Waals surface area contributed by atoms with Crippen LogP contribution in [0.15, 0.2) is 36.5 Å². The third-order valence-electron chi connectivity index (χ3n) is 6.62. The first-order valence-corrected chi connectivity index (χ1v) is 15.7. The molecular formula is C30H43N7O5S. The van der Waals surface area contributed by atoms with Crippen LogP contribution in [0.2, 0.25) is 0 Å². The molecule has 0 aliphatic rings. The molecular weight excluding hydrogens is 570 g/mol. The Hall–Kier alpha value is -3.97. The van der Waals surface area contributed by atoms with Gasteiger partial charge < -0.3 is 20.3 Å². The van der Waals surface area contributed by atoms with Crippen LogP contribution in [0.5, 0.6) is 5.75 Å². The van der Waals surface area contributed by atoms with Crippen LogP contribution in [0.25, 0.3) is 5.69 Å². The zero-order valence-corrected chi connectivity index (χ0v) is 27.4. The Morgan fingerprint density at radius 2 is 1.67 bits per heavy atom. The molecule has 3 aromatic rings. The lowest BCUT2D eigenvalue weighted by Crippen LogP contribution is -2.40. The summed E-state index contributed by atoms with van der Waals surface area (Å²) in [6, 6.07) is 8.55. The van der Waals surface area contributed by atoms with Crippen molar-refractivity contribution >= 4 is 33.2 Å². The Kier molecular flexibility index (Phi) is 9.92. The number of nitrogens with zero attached hydrogens (tertiary/aromatic N) is 4. The number of benzene rings is 2. The molecule has 3 rings (SSSR count). The molecule has 0 aliphatic heterocycles. The van der Waals surface area contributed by atoms with Crippen molar-refractivity contribution in [1.29, 1.82) is 0 Å². The quantitative estimate of drug-likeness (QED) is 0.296. The number of rotatable bonds is 11. The van der Waals surface area contributed by atoms with Gasteiger partial charge in [0.2, 0.25) is 10.0 Å². The summed E-state index contributed by atoms with van der Waals surface area (Å²) >= 11 is 0. The van der Waals surface area contributed by atoms with Gasteiger partial charge in [-0.25, -0.2) is 13.1 Å². The molecule has 13 heteroatoms. The molecule has 3 N–H and O–H groups in total. The zero-order chi connectivity index (χ0) is 32.3. The van der Waals surface area contributed by atoms with Crippen LogP contribution in [0.1, 0.15) is 66.6 Å². The van der Waals surface area contributed by atoms with Gasteiger partial charge in [0, 0.05) is 18.7 Å². The van der Waals surface area contributed by atoms with E-state index in [1.165, 1.54) is 18.0 Å². The number of carbonyl (C=O) groups excluding carboxylic acids is 2. The predicted octanol–water partition coefficient (Wildman–Crippen LogP) is 3.82. The molecule has 2 aromatic carbocycles. The molecule has 0 radical (unpaired) electrons. The SMILES string of the molecule is COc1c(NC(=O)c2ccc(C)c(-n3cc(C(=O)NCC(C)(C)CN(C)C)nn3)c2)cc(C(C)(C)C)cc1NS(C)(=O)=O. The zero-order valence-electron chi connectivity index (χ0n) is 26.6. The van der Waals surface area contributed by atoms with Crippen molar-refractivity contribution in [3.63, 3.8) is 0 Å². The first-order valence-electron chi connectivity index (χ1n) is 13.8. The number of aryl methyl sites for hydroxylation is 1. The Labute approximate surface area is 254 Å². The van der Waals surface area contributed by atoms with Crippen LogP contribution in [0.3, 0.4) is 0 Å². The summed E-state index contributed by atoms with van der Waals surface area (Å²) in [6.45, 7) is 13.2. The van der Waals surface area contributed by atoms with Crippen LogP contribution in [-0.4, -0.2) is 80.7 Å². The summed E-state index contributed by atoms with van der Waals surface area (Å²) in [7, 11) is 1.75. The van der Waals surface area contributed by atoms with Gasteiger partial charge in [-0.15, -0.1) is 5.10 Å². The molecule has 0 spiro atoms. The first kappa shape index (κ1) is 33.5. The number of sulfonamides is 1. The van der Waals surface area contributed by atoms with E-state index in [1.807, 2.05) is 41.8 Å². The number of hydrogen-bond acceptors (Lipinski definition) is 8. The third-order valence-corrected chi connectivity index (χ3v) is 7.21. The number of anilines is 2. The number of hydrogen-bond donors (Lipinski definition) is 3. The molecule has 234 valence electrons. The van der Waals surface area contributed by atoms with Gasteiger partial charge in [0.1, 0.15) is 0 Å². The average molecular weight is 614 g/mol. The number of amides is 2. The van der Waals surface area contributed by atoms with Crippen LogP contribution in [0.4, 0.5) is 11.4 Å². The average Bonchev–Trinajstić information content (AvgIpc) is 3.35. The van der Waals surface area contributed by atoms with E-state index in [0.717, 1.165) is 23.9 Å².